The van der Waals surface area contributed by atoms with Crippen LogP contribution in [0.15, 0.2) is 0 Å². The summed E-state index contributed by atoms with van der Waals surface area (Å²) in [6, 6.07) is 0. The number of halogens is 4. The van der Waals surface area contributed by atoms with E-state index in [0.717, 1.165) is 0 Å². The summed E-state index contributed by atoms with van der Waals surface area (Å²) in [6.45, 7) is 0. The van der Waals surface area contributed by atoms with Crippen LogP contribution in [0.1, 0.15) is 0 Å². The van der Waals surface area contributed by atoms with E-state index in [9.17, 15) is 0 Å². The van der Waals surface area contributed by atoms with Gasteiger partial charge in [0.1, 0.15) is 0 Å². The Hall–Kier alpha value is 2.45. The molecule has 0 aliphatic heterocycles. The smallest absolute Gasteiger partial charge is 0.791 e. The zero-order valence-corrected chi connectivity index (χ0v) is 12.1. The van der Waals surface area contributed by atoms with Gasteiger partial charge in [0.2, 0.25) is 0 Å². The fourth-order valence-corrected chi connectivity index (χ4v) is 0. The molecule has 0 fully saturated rings. The molecular formula is Br4O4Pt. The number of hydrogen-bond acceptors (Lipinski definition) is 4. The molecule has 0 unspecified atom stereocenters. The predicted molar refractivity (Wildman–Crippen MR) is 35.7 cm³/mol. The minimum absolute atomic E-state index is 0. The van der Waals surface area contributed by atoms with Gasteiger partial charge in [-0.1, -0.05) is 0 Å². The Morgan fingerprint density at radius 2 is 0.444 bits per heavy atom. The van der Waals surface area contributed by atoms with Crippen molar-refractivity contribution in [1.29, 1.82) is 0 Å². The van der Waals surface area contributed by atoms with Gasteiger partial charge in [-0.25, -0.2) is 65.0 Å². The maximum atomic E-state index is 8.06. The molecule has 0 saturated heterocycles. The van der Waals surface area contributed by atoms with Gasteiger partial charge in [-0.05, 0) is 0 Å². The minimum atomic E-state index is 0. The van der Waals surface area contributed by atoms with Crippen molar-refractivity contribution < 1.29 is 37.9 Å². The second-order valence-corrected chi connectivity index (χ2v) is 0. The van der Waals surface area contributed by atoms with Crippen LogP contribution in [-0.2, 0) is 21.1 Å². The van der Waals surface area contributed by atoms with Gasteiger partial charge in [0.05, 0.1) is 0 Å². The summed E-state index contributed by atoms with van der Waals surface area (Å²) in [6.07, 6.45) is 0. The van der Waals surface area contributed by atoms with Crippen molar-refractivity contribution >= 4 is 65.0 Å². The number of hydrogen-bond donors (Lipinski definition) is 0. The molecule has 9 heavy (non-hydrogen) atoms. The third-order valence-corrected chi connectivity index (χ3v) is 0. The minimum Gasteiger partial charge on any atom is -0.791 e. The molecule has 0 spiro atoms. The molecule has 0 aromatic carbocycles. The van der Waals surface area contributed by atoms with E-state index in [1.807, 2.05) is 0 Å². The molecule has 0 N–H and O–H groups in total. The van der Waals surface area contributed by atoms with E-state index >= 15 is 0 Å². The maximum Gasteiger partial charge on any atom is 4.00 e. The third kappa shape index (κ3) is 124. The average Bonchev–Trinajstić information content (AvgIpc) is 2.03. The van der Waals surface area contributed by atoms with Crippen LogP contribution in [0.4, 0.5) is 0 Å². The van der Waals surface area contributed by atoms with E-state index in [1.165, 1.54) is 0 Å². The van der Waals surface area contributed by atoms with Gasteiger partial charge in [0.25, 0.3) is 0 Å². The van der Waals surface area contributed by atoms with E-state index in [1.54, 1.807) is 65.0 Å². The molecule has 0 amide bonds. The Morgan fingerprint density at radius 3 is 0.444 bits per heavy atom. The van der Waals surface area contributed by atoms with E-state index in [4.69, 9.17) is 16.8 Å². The van der Waals surface area contributed by atoms with Crippen LogP contribution in [0.3, 0.4) is 0 Å². The number of rotatable bonds is 0. The van der Waals surface area contributed by atoms with Crippen LogP contribution in [-0.4, -0.2) is 0 Å². The predicted octanol–water partition coefficient (Wildman–Crippen LogP) is -1.38. The second kappa shape index (κ2) is 156. The summed E-state index contributed by atoms with van der Waals surface area (Å²) >= 11 is 6.75. The average molecular weight is 579 g/mol. The molecule has 0 atom stereocenters. The summed E-state index contributed by atoms with van der Waals surface area (Å²) in [5.74, 6) is 0. The van der Waals surface area contributed by atoms with Gasteiger partial charge in [0.15, 0.2) is 0 Å². The monoisotopic (exact) mass is 575 g/mol. The second-order valence-electron chi connectivity index (χ2n) is 0. The van der Waals surface area contributed by atoms with Crippen LogP contribution < -0.4 is 16.8 Å². The topological polar surface area (TPSA) is 92.2 Å². The first-order chi connectivity index (χ1) is 4.00. The van der Waals surface area contributed by atoms with Gasteiger partial charge < -0.3 is 16.8 Å². The zero-order chi connectivity index (χ0) is 8.00. The van der Waals surface area contributed by atoms with E-state index in [2.05, 4.69) is 0 Å². The Balaban J connectivity index is -0.00000000762. The van der Waals surface area contributed by atoms with Crippen LogP contribution in [0.2, 0.25) is 0 Å². The largest absolute Gasteiger partial charge is 4.00 e. The fourth-order valence-electron chi connectivity index (χ4n) is 0. The summed E-state index contributed by atoms with van der Waals surface area (Å²) < 4.78 is 32.2. The van der Waals surface area contributed by atoms with Crippen molar-refractivity contribution in [3.63, 3.8) is 0 Å². The van der Waals surface area contributed by atoms with E-state index < -0.39 is 0 Å². The van der Waals surface area contributed by atoms with Gasteiger partial charge in [-0.2, -0.15) is 0 Å². The van der Waals surface area contributed by atoms with Crippen molar-refractivity contribution in [2.45, 2.75) is 0 Å². The van der Waals surface area contributed by atoms with Crippen molar-refractivity contribution in [2.24, 2.45) is 0 Å². The third-order valence-electron chi connectivity index (χ3n) is 0. The van der Waals surface area contributed by atoms with Gasteiger partial charge >= 0.3 is 21.1 Å². The molecule has 0 bridgehead atoms. The van der Waals surface area contributed by atoms with Crippen LogP contribution in [0.25, 0.3) is 0 Å². The summed E-state index contributed by atoms with van der Waals surface area (Å²) in [4.78, 5) is 0. The summed E-state index contributed by atoms with van der Waals surface area (Å²) in [5, 5.41) is 0. The van der Waals surface area contributed by atoms with Crippen molar-refractivity contribution in [1.82, 2.24) is 0 Å². The maximum absolute atomic E-state index is 8.06. The molecule has 0 radical (unpaired) electrons. The molecule has 0 heterocycles. The summed E-state index contributed by atoms with van der Waals surface area (Å²) in [5.41, 5.74) is 0. The van der Waals surface area contributed by atoms with Crippen molar-refractivity contribution in [2.75, 3.05) is 0 Å². The molecule has 0 aliphatic carbocycles. The van der Waals surface area contributed by atoms with Gasteiger partial charge in [0, 0.05) is 0 Å². The first kappa shape index (κ1) is 30.1. The SMILES string of the molecule is [O-]Br.[O-]Br.[O-]Br.[O-]Br.[Pt+4]. The standard InChI is InChI=1S/4BrO.Pt/c4*1-2;/q4*-1;+4. The molecule has 0 aliphatic rings. The van der Waals surface area contributed by atoms with Gasteiger partial charge in [-0.3, -0.25) is 0 Å². The van der Waals surface area contributed by atoms with E-state index in [-0.39, 0.29) is 21.1 Å². The van der Waals surface area contributed by atoms with E-state index in [0.29, 0.717) is 0 Å². The summed E-state index contributed by atoms with van der Waals surface area (Å²) in [7, 11) is 0. The molecule has 9 heteroatoms. The molecular weight excluding hydrogens is 579 g/mol. The molecule has 62 valence electrons. The Morgan fingerprint density at radius 1 is 0.444 bits per heavy atom. The van der Waals surface area contributed by atoms with Crippen molar-refractivity contribution in [3.8, 4) is 0 Å². The Labute approximate surface area is 102 Å². The zero-order valence-electron chi connectivity index (χ0n) is 3.46. The van der Waals surface area contributed by atoms with Gasteiger partial charge in [-0.15, -0.1) is 0 Å². The first-order valence-corrected chi connectivity index (χ1v) is 3.21. The molecule has 0 aromatic heterocycles. The van der Waals surface area contributed by atoms with Crippen LogP contribution >= 0.6 is 65.0 Å². The molecule has 4 nitrogen and oxygen atoms in total. The molecule has 0 rings (SSSR count). The Kier molecular flexibility index (Phi) is 520. The Bertz CT molecular complexity index is 12.5. The van der Waals surface area contributed by atoms with Crippen molar-refractivity contribution in [3.05, 3.63) is 0 Å². The van der Waals surface area contributed by atoms with Crippen LogP contribution in [0.5, 0.6) is 0 Å². The molecule has 0 saturated carbocycles. The molecule has 0 aromatic rings. The fraction of sp³-hybridized carbons (Fsp3) is 0. The normalized spacial score (nSPS) is 2.67. The first-order valence-electron chi connectivity index (χ1n) is 0.617. The van der Waals surface area contributed by atoms with Crippen LogP contribution in [0, 0.1) is 0 Å². The quantitative estimate of drug-likeness (QED) is 0.355.